The van der Waals surface area contributed by atoms with E-state index >= 15 is 0 Å². The summed E-state index contributed by atoms with van der Waals surface area (Å²) in [6, 6.07) is 3.21. The van der Waals surface area contributed by atoms with Crippen molar-refractivity contribution in [2.75, 3.05) is 25.1 Å². The van der Waals surface area contributed by atoms with Crippen molar-refractivity contribution in [1.29, 1.82) is 0 Å². The maximum Gasteiger partial charge on any atom is 0.356 e. The average Bonchev–Trinajstić information content (AvgIpc) is 2.38. The number of pyridine rings is 1. The molecule has 2 rings (SSSR count). The van der Waals surface area contributed by atoms with Crippen LogP contribution in [0, 0.1) is 0 Å². The summed E-state index contributed by atoms with van der Waals surface area (Å²) in [5, 5.41) is 0. The van der Waals surface area contributed by atoms with Gasteiger partial charge < -0.3 is 9.64 Å². The van der Waals surface area contributed by atoms with Crippen molar-refractivity contribution in [2.24, 2.45) is 0 Å². The monoisotopic (exact) mass is 334 g/mol. The van der Waals surface area contributed by atoms with E-state index in [1.165, 1.54) is 13.2 Å². The van der Waals surface area contributed by atoms with Crippen LogP contribution in [0.1, 0.15) is 23.3 Å². The molecule has 0 saturated carbocycles. The lowest BCUT2D eigenvalue weighted by Gasteiger charge is -2.33. The molecule has 0 amide bonds. The van der Waals surface area contributed by atoms with Gasteiger partial charge in [-0.2, -0.15) is 0 Å². The molecule has 1 aliphatic rings. The van der Waals surface area contributed by atoms with Crippen molar-refractivity contribution < 1.29 is 18.3 Å². The molecule has 4 nitrogen and oxygen atoms in total. The second-order valence-electron chi connectivity index (χ2n) is 4.34. The molecule has 0 atom stereocenters. The summed E-state index contributed by atoms with van der Waals surface area (Å²) >= 11 is 3.26. The Bertz CT molecular complexity index is 487. The van der Waals surface area contributed by atoms with Gasteiger partial charge in [0.15, 0.2) is 0 Å². The number of carbonyl (C=O) groups is 1. The number of halogens is 3. The van der Waals surface area contributed by atoms with E-state index in [2.05, 4.69) is 25.7 Å². The molecule has 19 heavy (non-hydrogen) atoms. The molecular weight excluding hydrogens is 322 g/mol. The molecule has 0 spiro atoms. The van der Waals surface area contributed by atoms with Gasteiger partial charge in [-0.25, -0.2) is 18.6 Å². The van der Waals surface area contributed by atoms with Crippen molar-refractivity contribution >= 4 is 27.6 Å². The Hall–Kier alpha value is -1.24. The van der Waals surface area contributed by atoms with Crippen LogP contribution in [0.2, 0.25) is 0 Å². The average molecular weight is 335 g/mol. The van der Waals surface area contributed by atoms with Crippen LogP contribution in [-0.2, 0) is 4.74 Å². The fourth-order valence-electron chi connectivity index (χ4n) is 1.96. The molecule has 1 fully saturated rings. The Kier molecular flexibility index (Phi) is 4.03. The number of anilines is 1. The first-order valence-corrected chi connectivity index (χ1v) is 6.60. The lowest BCUT2D eigenvalue weighted by atomic mass is 10.1. The van der Waals surface area contributed by atoms with Crippen LogP contribution in [0.5, 0.6) is 0 Å². The predicted molar refractivity (Wildman–Crippen MR) is 69.7 cm³/mol. The lowest BCUT2D eigenvalue weighted by Crippen LogP contribution is -2.39. The maximum atomic E-state index is 13.1. The number of hydrogen-bond donors (Lipinski definition) is 0. The smallest absolute Gasteiger partial charge is 0.356 e. The Morgan fingerprint density at radius 1 is 1.42 bits per heavy atom. The molecule has 0 aliphatic carbocycles. The molecule has 1 aliphatic heterocycles. The Labute approximate surface area is 117 Å². The van der Waals surface area contributed by atoms with E-state index < -0.39 is 11.9 Å². The fourth-order valence-corrected chi connectivity index (χ4v) is 2.53. The van der Waals surface area contributed by atoms with Crippen molar-refractivity contribution in [3.05, 3.63) is 22.4 Å². The van der Waals surface area contributed by atoms with Gasteiger partial charge >= 0.3 is 5.97 Å². The molecular formula is C12H13BrF2N2O2. The van der Waals surface area contributed by atoms with Gasteiger partial charge in [-0.3, -0.25) is 0 Å². The van der Waals surface area contributed by atoms with E-state index in [9.17, 15) is 13.6 Å². The molecule has 0 N–H and O–H groups in total. The van der Waals surface area contributed by atoms with Crippen LogP contribution in [0.4, 0.5) is 14.5 Å². The second-order valence-corrected chi connectivity index (χ2v) is 5.09. The van der Waals surface area contributed by atoms with Crippen LogP contribution in [-0.4, -0.2) is 37.1 Å². The number of aromatic nitrogens is 1. The summed E-state index contributed by atoms with van der Waals surface area (Å²) in [6.45, 7) is 0.537. The lowest BCUT2D eigenvalue weighted by molar-refractivity contribution is -0.0220. The van der Waals surface area contributed by atoms with Gasteiger partial charge in [-0.05, 0) is 28.1 Å². The van der Waals surface area contributed by atoms with E-state index in [1.54, 1.807) is 6.07 Å². The number of piperidine rings is 1. The summed E-state index contributed by atoms with van der Waals surface area (Å²) in [5.74, 6) is -3.11. The first kappa shape index (κ1) is 14.2. The van der Waals surface area contributed by atoms with Crippen LogP contribution >= 0.6 is 15.9 Å². The van der Waals surface area contributed by atoms with Crippen LogP contribution in [0.15, 0.2) is 16.7 Å². The zero-order valence-corrected chi connectivity index (χ0v) is 11.9. The zero-order valence-electron chi connectivity index (χ0n) is 10.3. The minimum absolute atomic E-state index is 0.168. The third-order valence-electron chi connectivity index (χ3n) is 3.06. The topological polar surface area (TPSA) is 42.4 Å². The number of methoxy groups -OCH3 is 1. The summed E-state index contributed by atoms with van der Waals surface area (Å²) in [5.41, 5.74) is 0.892. The van der Waals surface area contributed by atoms with E-state index in [4.69, 9.17) is 0 Å². The van der Waals surface area contributed by atoms with E-state index in [0.29, 0.717) is 10.3 Å². The van der Waals surface area contributed by atoms with Crippen LogP contribution < -0.4 is 4.90 Å². The highest BCUT2D eigenvalue weighted by Crippen LogP contribution is 2.33. The SMILES string of the molecule is COC(=O)c1ccc(N2CCC(F)(F)CC2)c(Br)n1. The molecule has 1 saturated heterocycles. The van der Waals surface area contributed by atoms with Crippen LogP contribution in [0.25, 0.3) is 0 Å². The number of ether oxygens (including phenoxy) is 1. The van der Waals surface area contributed by atoms with Gasteiger partial charge in [0.1, 0.15) is 10.3 Å². The molecule has 1 aromatic heterocycles. The third kappa shape index (κ3) is 3.20. The van der Waals surface area contributed by atoms with Crippen LogP contribution in [0.3, 0.4) is 0 Å². The summed E-state index contributed by atoms with van der Waals surface area (Å²) in [7, 11) is 1.28. The number of carbonyl (C=O) groups excluding carboxylic acids is 1. The highest BCUT2D eigenvalue weighted by molar-refractivity contribution is 9.10. The van der Waals surface area contributed by atoms with Crippen molar-refractivity contribution in [1.82, 2.24) is 4.98 Å². The van der Waals surface area contributed by atoms with Crippen molar-refractivity contribution in [3.63, 3.8) is 0 Å². The highest BCUT2D eigenvalue weighted by Gasteiger charge is 2.34. The minimum Gasteiger partial charge on any atom is -0.464 e. The van der Waals surface area contributed by atoms with Crippen molar-refractivity contribution in [3.8, 4) is 0 Å². The van der Waals surface area contributed by atoms with E-state index in [1.807, 2.05) is 4.90 Å². The van der Waals surface area contributed by atoms with E-state index in [0.717, 1.165) is 0 Å². The third-order valence-corrected chi connectivity index (χ3v) is 3.64. The second kappa shape index (κ2) is 5.40. The van der Waals surface area contributed by atoms with Gasteiger partial charge in [-0.1, -0.05) is 0 Å². The molecule has 0 unspecified atom stereocenters. The molecule has 0 radical (unpaired) electrons. The van der Waals surface area contributed by atoms with Gasteiger partial charge in [0.25, 0.3) is 5.92 Å². The highest BCUT2D eigenvalue weighted by atomic mass is 79.9. The predicted octanol–water partition coefficient (Wildman–Crippen LogP) is 2.87. The zero-order chi connectivity index (χ0) is 14.0. The Balaban J connectivity index is 2.16. The molecule has 1 aromatic rings. The molecule has 0 aromatic carbocycles. The summed E-state index contributed by atoms with van der Waals surface area (Å²) in [6.07, 6.45) is -0.337. The number of alkyl halides is 2. The first-order valence-electron chi connectivity index (χ1n) is 5.80. The van der Waals surface area contributed by atoms with Gasteiger partial charge in [-0.15, -0.1) is 0 Å². The number of esters is 1. The molecule has 104 valence electrons. The summed E-state index contributed by atoms with van der Waals surface area (Å²) < 4.78 is 31.2. The quantitative estimate of drug-likeness (QED) is 0.616. The first-order chi connectivity index (χ1) is 8.93. The maximum absolute atomic E-state index is 13.1. The number of hydrogen-bond acceptors (Lipinski definition) is 4. The fraction of sp³-hybridized carbons (Fsp3) is 0.500. The summed E-state index contributed by atoms with van der Waals surface area (Å²) in [4.78, 5) is 17.2. The standard InChI is InChI=1S/C12H13BrF2N2O2/c1-19-11(18)8-2-3-9(10(13)16-8)17-6-4-12(14,15)5-7-17/h2-3H,4-7H2,1H3. The van der Waals surface area contributed by atoms with Gasteiger partial charge in [0.05, 0.1) is 12.8 Å². The van der Waals surface area contributed by atoms with Crippen molar-refractivity contribution in [2.45, 2.75) is 18.8 Å². The molecule has 7 heteroatoms. The van der Waals surface area contributed by atoms with E-state index in [-0.39, 0.29) is 31.6 Å². The number of nitrogens with zero attached hydrogens (tertiary/aromatic N) is 2. The number of rotatable bonds is 2. The van der Waals surface area contributed by atoms with Gasteiger partial charge in [0, 0.05) is 25.9 Å². The molecule has 2 heterocycles. The largest absolute Gasteiger partial charge is 0.464 e. The Morgan fingerprint density at radius 2 is 2.05 bits per heavy atom. The minimum atomic E-state index is -2.58. The van der Waals surface area contributed by atoms with Gasteiger partial charge in [0.2, 0.25) is 0 Å². The molecule has 0 bridgehead atoms. The Morgan fingerprint density at radius 3 is 2.58 bits per heavy atom. The normalized spacial score (nSPS) is 18.2.